The fourth-order valence-corrected chi connectivity index (χ4v) is 8.99. The zero-order valence-electron chi connectivity index (χ0n) is 33.2. The zero-order valence-corrected chi connectivity index (χ0v) is 35.6. The lowest BCUT2D eigenvalue weighted by molar-refractivity contribution is -0.384. The SMILES string of the molecule is CO.Cc1cc(NC(C)(C)CSc2ccccc2)c([N+](=O)[O-])cc1SNC(=O)c1ccc(N2CCN(CC3=C(c4ccc(Cl)cc4)CCC(C)(C)C3)CC2)cc1. The van der Waals surface area contributed by atoms with Crippen LogP contribution in [-0.2, 0) is 0 Å². The predicted molar refractivity (Wildman–Crippen MR) is 235 cm³/mol. The number of amides is 1. The summed E-state index contributed by atoms with van der Waals surface area (Å²) >= 11 is 9.00. The van der Waals surface area contributed by atoms with E-state index in [2.05, 4.69) is 58.0 Å². The number of anilines is 2. The molecular weight excluding hydrogens is 762 g/mol. The number of hydrogen-bond acceptors (Lipinski definition) is 9. The number of nitrogens with zero attached hydrogens (tertiary/aromatic N) is 3. The van der Waals surface area contributed by atoms with Crippen molar-refractivity contribution in [2.75, 3.05) is 55.8 Å². The van der Waals surface area contributed by atoms with Crippen LogP contribution in [0, 0.1) is 22.5 Å². The topological polar surface area (TPSA) is 111 Å². The van der Waals surface area contributed by atoms with Gasteiger partial charge in [0.05, 0.1) is 4.92 Å². The van der Waals surface area contributed by atoms with E-state index < -0.39 is 5.54 Å². The van der Waals surface area contributed by atoms with E-state index in [-0.39, 0.29) is 16.5 Å². The third kappa shape index (κ3) is 11.8. The van der Waals surface area contributed by atoms with E-state index in [4.69, 9.17) is 16.7 Å². The average Bonchev–Trinajstić information content (AvgIpc) is 3.18. The van der Waals surface area contributed by atoms with E-state index in [1.807, 2.05) is 75.4 Å². The third-order valence-corrected chi connectivity index (χ3v) is 12.9. The van der Waals surface area contributed by atoms with Crippen LogP contribution in [0.1, 0.15) is 68.4 Å². The lowest BCUT2D eigenvalue weighted by Gasteiger charge is -2.39. The first-order valence-electron chi connectivity index (χ1n) is 19.0. The van der Waals surface area contributed by atoms with Crippen LogP contribution in [-0.4, -0.2) is 72.0 Å². The fraction of sp³-hybridized carbons (Fsp3) is 0.386. The number of hydrogen-bond donors (Lipinski definition) is 3. The maximum atomic E-state index is 13.2. The molecule has 1 aliphatic heterocycles. The molecule has 4 aromatic carbocycles. The molecule has 298 valence electrons. The first kappa shape index (κ1) is 43.1. The Balaban J connectivity index is 0.00000295. The highest BCUT2D eigenvalue weighted by molar-refractivity contribution is 7.99. The van der Waals surface area contributed by atoms with Crippen molar-refractivity contribution >= 4 is 63.9 Å². The van der Waals surface area contributed by atoms with Crippen molar-refractivity contribution in [1.29, 1.82) is 0 Å². The van der Waals surface area contributed by atoms with E-state index in [9.17, 15) is 14.9 Å². The summed E-state index contributed by atoms with van der Waals surface area (Å²) in [6.07, 6.45) is 3.40. The Bertz CT molecular complexity index is 1980. The van der Waals surface area contributed by atoms with E-state index in [0.29, 0.717) is 21.6 Å². The van der Waals surface area contributed by atoms with Crippen molar-refractivity contribution in [3.63, 3.8) is 0 Å². The van der Waals surface area contributed by atoms with Gasteiger partial charge in [-0.2, -0.15) is 0 Å². The predicted octanol–water partition coefficient (Wildman–Crippen LogP) is 10.4. The summed E-state index contributed by atoms with van der Waals surface area (Å²) in [4.78, 5) is 31.7. The normalized spacial score (nSPS) is 15.8. The number of rotatable bonds is 13. The number of aliphatic hydroxyl groups is 1. The largest absolute Gasteiger partial charge is 0.400 e. The second-order valence-corrected chi connectivity index (χ2v) is 18.1. The maximum Gasteiger partial charge on any atom is 0.293 e. The molecule has 0 spiro atoms. The van der Waals surface area contributed by atoms with E-state index >= 15 is 0 Å². The van der Waals surface area contributed by atoms with Crippen molar-refractivity contribution in [3.8, 4) is 0 Å². The highest BCUT2D eigenvalue weighted by atomic mass is 35.5. The molecular formula is C44H54ClN5O4S2. The van der Waals surface area contributed by atoms with Gasteiger partial charge in [-0.15, -0.1) is 11.8 Å². The average molecular weight is 817 g/mol. The first-order chi connectivity index (χ1) is 26.7. The van der Waals surface area contributed by atoms with Gasteiger partial charge >= 0.3 is 0 Å². The molecule has 0 saturated carbocycles. The molecule has 12 heteroatoms. The molecule has 0 radical (unpaired) electrons. The van der Waals surface area contributed by atoms with Gasteiger partial charge in [-0.25, -0.2) is 0 Å². The maximum absolute atomic E-state index is 13.2. The lowest BCUT2D eigenvalue weighted by atomic mass is 9.73. The Morgan fingerprint density at radius 1 is 0.964 bits per heavy atom. The summed E-state index contributed by atoms with van der Waals surface area (Å²) in [7, 11) is 1.00. The number of benzene rings is 4. The molecule has 0 atom stereocenters. The molecule has 1 amide bonds. The molecule has 0 unspecified atom stereocenters. The summed E-state index contributed by atoms with van der Waals surface area (Å²) in [6.45, 7) is 15.5. The number of nitro groups is 1. The molecule has 1 fully saturated rings. The number of nitro benzene ring substituents is 1. The Labute approximate surface area is 345 Å². The number of allylic oxidation sites excluding steroid dienone is 1. The van der Waals surface area contributed by atoms with Crippen LogP contribution in [0.15, 0.2) is 106 Å². The summed E-state index contributed by atoms with van der Waals surface area (Å²) in [6, 6.07) is 29.5. The molecule has 9 nitrogen and oxygen atoms in total. The van der Waals surface area contributed by atoms with Crippen molar-refractivity contribution in [2.24, 2.45) is 5.41 Å². The number of thioether (sulfide) groups is 1. The van der Waals surface area contributed by atoms with Gasteiger partial charge in [0.15, 0.2) is 0 Å². The Morgan fingerprint density at radius 2 is 1.62 bits per heavy atom. The van der Waals surface area contributed by atoms with Gasteiger partial charge < -0.3 is 15.3 Å². The standard InChI is InChI=1S/C43H50ClN5O3S2.CH4O/c1-30-25-38(45-43(4,5)29-53-36-9-7-6-8-10-36)39(49(51)52)26-40(30)54-46-41(50)32-13-17-35(18-14-32)48-23-21-47(22-24-48)28-33-27-42(2,3)20-19-37(33)31-11-15-34(44)16-12-31;1-2/h6-18,25-26,45H,19-24,27-29H2,1-5H3,(H,46,50);2H,1H3. The molecule has 6 rings (SSSR count). The molecule has 3 N–H and O–H groups in total. The fourth-order valence-electron chi connectivity index (χ4n) is 7.20. The first-order valence-corrected chi connectivity index (χ1v) is 21.1. The lowest BCUT2D eigenvalue weighted by Crippen LogP contribution is -2.47. The number of carbonyl (C=O) groups is 1. The number of halogens is 1. The van der Waals surface area contributed by atoms with Gasteiger partial charge in [0, 0.05) is 83.3 Å². The minimum atomic E-state index is -0.410. The van der Waals surface area contributed by atoms with E-state index in [1.165, 1.54) is 23.6 Å². The van der Waals surface area contributed by atoms with Crippen molar-refractivity contribution in [2.45, 2.75) is 69.2 Å². The number of aliphatic hydroxyl groups excluding tert-OH is 1. The summed E-state index contributed by atoms with van der Waals surface area (Å²) < 4.78 is 2.90. The Hall–Kier alpha value is -4.00. The highest BCUT2D eigenvalue weighted by Crippen LogP contribution is 2.43. The van der Waals surface area contributed by atoms with Crippen LogP contribution < -0.4 is 14.9 Å². The molecule has 4 aromatic rings. The smallest absolute Gasteiger partial charge is 0.293 e. The molecule has 1 aliphatic carbocycles. The number of piperazine rings is 1. The van der Waals surface area contributed by atoms with Crippen LogP contribution in [0.4, 0.5) is 17.1 Å². The monoisotopic (exact) mass is 815 g/mol. The minimum absolute atomic E-state index is 0.0270. The summed E-state index contributed by atoms with van der Waals surface area (Å²) in [5.74, 6) is 0.471. The number of carbonyl (C=O) groups excluding carboxylic acids is 1. The summed E-state index contributed by atoms with van der Waals surface area (Å²) in [5.41, 5.74) is 7.11. The second kappa shape index (κ2) is 19.4. The molecule has 0 aromatic heterocycles. The quantitative estimate of drug-likeness (QED) is 0.0526. The molecule has 1 heterocycles. The molecule has 2 aliphatic rings. The second-order valence-electron chi connectivity index (χ2n) is 15.8. The van der Waals surface area contributed by atoms with Gasteiger partial charge in [0.25, 0.3) is 11.6 Å². The van der Waals surface area contributed by atoms with Gasteiger partial charge in [-0.3, -0.25) is 24.5 Å². The molecule has 56 heavy (non-hydrogen) atoms. The molecule has 0 bridgehead atoms. The van der Waals surface area contributed by atoms with Gasteiger partial charge in [-0.1, -0.05) is 61.4 Å². The highest BCUT2D eigenvalue weighted by Gasteiger charge is 2.30. The van der Waals surface area contributed by atoms with Crippen molar-refractivity contribution in [3.05, 3.63) is 128 Å². The van der Waals surface area contributed by atoms with Crippen LogP contribution in [0.5, 0.6) is 0 Å². The van der Waals surface area contributed by atoms with Crippen LogP contribution >= 0.6 is 35.3 Å². The van der Waals surface area contributed by atoms with Crippen LogP contribution in [0.25, 0.3) is 5.57 Å². The van der Waals surface area contributed by atoms with Crippen LogP contribution in [0.3, 0.4) is 0 Å². The van der Waals surface area contributed by atoms with E-state index in [1.54, 1.807) is 23.4 Å². The number of nitrogens with one attached hydrogen (secondary N) is 2. The van der Waals surface area contributed by atoms with Crippen molar-refractivity contribution in [1.82, 2.24) is 9.62 Å². The zero-order chi connectivity index (χ0) is 40.5. The van der Waals surface area contributed by atoms with Gasteiger partial charge in [0.1, 0.15) is 5.69 Å². The van der Waals surface area contributed by atoms with E-state index in [0.717, 1.165) is 91.5 Å². The summed E-state index contributed by atoms with van der Waals surface area (Å²) in [5, 5.41) is 23.3. The third-order valence-electron chi connectivity index (χ3n) is 10.2. The van der Waals surface area contributed by atoms with Gasteiger partial charge in [0.2, 0.25) is 0 Å². The van der Waals surface area contributed by atoms with Gasteiger partial charge in [-0.05, 0) is 129 Å². The van der Waals surface area contributed by atoms with Crippen LogP contribution in [0.2, 0.25) is 5.02 Å². The van der Waals surface area contributed by atoms with Crippen molar-refractivity contribution < 1.29 is 14.8 Å². The molecule has 1 saturated heterocycles. The Kier molecular flexibility index (Phi) is 15.0. The Morgan fingerprint density at radius 3 is 2.27 bits per heavy atom. The number of aryl methyl sites for hydroxylation is 1. The minimum Gasteiger partial charge on any atom is -0.400 e.